The number of piperidine rings is 2. The van der Waals surface area contributed by atoms with Crippen LogP contribution in [0.25, 0.3) is 5.57 Å². The van der Waals surface area contributed by atoms with Gasteiger partial charge in [-0.2, -0.15) is 0 Å². The van der Waals surface area contributed by atoms with Gasteiger partial charge in [0.15, 0.2) is 0 Å². The number of likely N-dealkylation sites (tertiary alicyclic amines) is 2. The number of hydrogen-bond donors (Lipinski definition) is 1. The highest BCUT2D eigenvalue weighted by molar-refractivity contribution is 6.10. The Labute approximate surface area is 281 Å². The molecule has 0 saturated carbocycles. The number of fused-ring (bicyclic) bond motifs is 1. The number of para-hydroxylation sites is 1. The normalized spacial score (nSPS) is 19.3. The van der Waals surface area contributed by atoms with E-state index in [2.05, 4.69) is 10.2 Å². The smallest absolute Gasteiger partial charge is 0.275 e. The van der Waals surface area contributed by atoms with Crippen LogP contribution in [0.5, 0.6) is 0 Å². The van der Waals surface area contributed by atoms with Crippen molar-refractivity contribution in [3.63, 3.8) is 0 Å². The second kappa shape index (κ2) is 14.8. The number of allylic oxidation sites excluding steroid dienone is 1. The lowest BCUT2D eigenvalue weighted by Gasteiger charge is -2.40. The molecule has 1 N–H and O–H groups in total. The van der Waals surface area contributed by atoms with Gasteiger partial charge in [-0.15, -0.1) is 12.4 Å². The molecule has 3 aromatic rings. The van der Waals surface area contributed by atoms with Gasteiger partial charge in [-0.3, -0.25) is 14.4 Å². The number of nitrogens with one attached hydrogen (secondary N) is 1. The van der Waals surface area contributed by atoms with Crippen LogP contribution in [0, 0.1) is 6.92 Å². The molecule has 3 amide bonds. The molecule has 0 atom stereocenters. The summed E-state index contributed by atoms with van der Waals surface area (Å²) in [4.78, 5) is 45.5. The SMILES string of the molecule is Cc1ccccc1C(=O)Nc1ccc(C(=O)N2CCC(F)(F)/C(=C\C(=O)N3CCC(N4CCCCC4)CC3)c3ccccc32)cc1.Cl. The molecule has 0 radical (unpaired) electrons. The number of nitrogens with zero attached hydrogens (tertiary/aromatic N) is 3. The minimum Gasteiger partial charge on any atom is -0.339 e. The molecule has 0 bridgehead atoms. The molecule has 47 heavy (non-hydrogen) atoms. The maximum absolute atomic E-state index is 15.8. The number of amides is 3. The molecule has 7 nitrogen and oxygen atoms in total. The molecule has 0 unspecified atom stereocenters. The average Bonchev–Trinajstić information content (AvgIpc) is 3.18. The number of hydrogen-bond acceptors (Lipinski definition) is 4. The Morgan fingerprint density at radius 1 is 0.830 bits per heavy atom. The van der Waals surface area contributed by atoms with Crippen LogP contribution in [0.4, 0.5) is 20.2 Å². The minimum atomic E-state index is -3.31. The van der Waals surface area contributed by atoms with Crippen LogP contribution >= 0.6 is 12.4 Å². The molecule has 10 heteroatoms. The van der Waals surface area contributed by atoms with Gasteiger partial charge in [-0.05, 0) is 87.7 Å². The molecule has 0 aromatic heterocycles. The van der Waals surface area contributed by atoms with Crippen molar-refractivity contribution in [1.29, 1.82) is 0 Å². The fourth-order valence-electron chi connectivity index (χ4n) is 6.86. The molecule has 0 spiro atoms. The summed E-state index contributed by atoms with van der Waals surface area (Å²) in [6.07, 6.45) is 5.85. The molecule has 6 rings (SSSR count). The zero-order chi connectivity index (χ0) is 32.3. The number of carbonyl (C=O) groups is 3. The maximum Gasteiger partial charge on any atom is 0.275 e. The topological polar surface area (TPSA) is 73.0 Å². The van der Waals surface area contributed by atoms with Gasteiger partial charge in [0, 0.05) is 66.1 Å². The van der Waals surface area contributed by atoms with E-state index >= 15 is 8.78 Å². The van der Waals surface area contributed by atoms with Crippen molar-refractivity contribution in [1.82, 2.24) is 9.80 Å². The number of carbonyl (C=O) groups excluding carboxylic acids is 3. The van der Waals surface area contributed by atoms with Crippen LogP contribution in [0.1, 0.15) is 70.4 Å². The summed E-state index contributed by atoms with van der Waals surface area (Å²) in [6, 6.07) is 20.7. The van der Waals surface area contributed by atoms with E-state index in [-0.39, 0.29) is 36.0 Å². The zero-order valence-electron chi connectivity index (χ0n) is 26.6. The van der Waals surface area contributed by atoms with Gasteiger partial charge in [-0.25, -0.2) is 8.78 Å². The predicted octanol–water partition coefficient (Wildman–Crippen LogP) is 7.22. The molecule has 3 aliphatic heterocycles. The molecule has 2 fully saturated rings. The average molecular weight is 663 g/mol. The minimum absolute atomic E-state index is 0. The van der Waals surface area contributed by atoms with E-state index in [1.54, 1.807) is 65.6 Å². The van der Waals surface area contributed by atoms with Gasteiger partial charge in [0.1, 0.15) is 0 Å². The van der Waals surface area contributed by atoms with Crippen molar-refractivity contribution in [3.05, 3.63) is 101 Å². The maximum atomic E-state index is 15.8. The second-order valence-corrected chi connectivity index (χ2v) is 12.5. The number of rotatable bonds is 5. The number of halogens is 3. The summed E-state index contributed by atoms with van der Waals surface area (Å²) < 4.78 is 31.6. The van der Waals surface area contributed by atoms with Gasteiger partial charge in [0.2, 0.25) is 5.91 Å². The van der Waals surface area contributed by atoms with Crippen LogP contribution in [-0.2, 0) is 4.79 Å². The Morgan fingerprint density at radius 2 is 1.49 bits per heavy atom. The van der Waals surface area contributed by atoms with Crippen LogP contribution in [0.2, 0.25) is 0 Å². The number of aryl methyl sites for hydroxylation is 1. The first-order valence-corrected chi connectivity index (χ1v) is 16.2. The Balaban J connectivity index is 0.00000433. The standard InChI is InChI=1S/C37H40F2N4O3.ClH/c1-26-9-3-4-10-30(26)35(45)40-28-15-13-27(14-16-28)36(46)43-24-19-37(38,39)32(31-11-5-6-12-33(31)43)25-34(44)42-22-17-29(18-23-42)41-20-7-2-8-21-41;/h3-6,9-16,25,29H,2,7-8,17-24H2,1H3,(H,40,45);1H/b32-25-;. The van der Waals surface area contributed by atoms with Crippen molar-refractivity contribution in [2.24, 2.45) is 0 Å². The van der Waals surface area contributed by atoms with Crippen LogP contribution in [0.15, 0.2) is 78.9 Å². The highest BCUT2D eigenvalue weighted by atomic mass is 35.5. The highest BCUT2D eigenvalue weighted by Crippen LogP contribution is 2.43. The molecule has 3 heterocycles. The van der Waals surface area contributed by atoms with Crippen LogP contribution < -0.4 is 10.2 Å². The Kier molecular flexibility index (Phi) is 10.8. The van der Waals surface area contributed by atoms with Gasteiger partial charge in [-0.1, -0.05) is 42.8 Å². The largest absolute Gasteiger partial charge is 0.339 e. The van der Waals surface area contributed by atoms with E-state index in [9.17, 15) is 14.4 Å². The molecular weight excluding hydrogens is 622 g/mol. The highest BCUT2D eigenvalue weighted by Gasteiger charge is 2.42. The van der Waals surface area contributed by atoms with Crippen molar-refractivity contribution in [2.45, 2.75) is 57.4 Å². The van der Waals surface area contributed by atoms with Gasteiger partial charge in [0.05, 0.1) is 5.69 Å². The van der Waals surface area contributed by atoms with Gasteiger partial charge >= 0.3 is 0 Å². The number of anilines is 2. The monoisotopic (exact) mass is 662 g/mol. The number of alkyl halides is 2. The third-order valence-corrected chi connectivity index (χ3v) is 9.50. The number of benzene rings is 3. The Hall–Kier alpha value is -4.08. The van der Waals surface area contributed by atoms with Gasteiger partial charge < -0.3 is 20.0 Å². The van der Waals surface area contributed by atoms with E-state index in [4.69, 9.17) is 0 Å². The quantitative estimate of drug-likeness (QED) is 0.293. The molecule has 248 valence electrons. The van der Waals surface area contributed by atoms with Gasteiger partial charge in [0.25, 0.3) is 17.7 Å². The fraction of sp³-hybridized carbons (Fsp3) is 0.378. The van der Waals surface area contributed by atoms with Crippen LogP contribution in [0.3, 0.4) is 0 Å². The van der Waals surface area contributed by atoms with Crippen molar-refractivity contribution < 1.29 is 23.2 Å². The summed E-state index contributed by atoms with van der Waals surface area (Å²) in [5, 5.41) is 2.84. The van der Waals surface area contributed by atoms with Crippen molar-refractivity contribution in [3.8, 4) is 0 Å². The summed E-state index contributed by atoms with van der Waals surface area (Å²) >= 11 is 0. The first-order valence-electron chi connectivity index (χ1n) is 16.2. The fourth-order valence-corrected chi connectivity index (χ4v) is 6.86. The predicted molar refractivity (Wildman–Crippen MR) is 184 cm³/mol. The van der Waals surface area contributed by atoms with E-state index in [0.29, 0.717) is 41.6 Å². The summed E-state index contributed by atoms with van der Waals surface area (Å²) in [5.74, 6) is -4.42. The van der Waals surface area contributed by atoms with E-state index in [1.165, 1.54) is 24.2 Å². The summed E-state index contributed by atoms with van der Waals surface area (Å²) in [7, 11) is 0. The summed E-state index contributed by atoms with van der Waals surface area (Å²) in [5.41, 5.74) is 2.37. The zero-order valence-corrected chi connectivity index (χ0v) is 27.4. The molecule has 2 saturated heterocycles. The van der Waals surface area contributed by atoms with Crippen molar-refractivity contribution >= 4 is 47.1 Å². The molecular formula is C37H41ClF2N4O3. The third-order valence-electron chi connectivity index (χ3n) is 9.50. The lowest BCUT2D eigenvalue weighted by molar-refractivity contribution is -0.127. The van der Waals surface area contributed by atoms with E-state index in [1.807, 2.05) is 19.1 Å². The molecule has 3 aromatic carbocycles. The van der Waals surface area contributed by atoms with Crippen LogP contribution in [-0.4, -0.2) is 72.2 Å². The second-order valence-electron chi connectivity index (χ2n) is 12.5. The first-order chi connectivity index (χ1) is 22.2. The molecule has 0 aliphatic carbocycles. The third kappa shape index (κ3) is 7.57. The first kappa shape index (κ1) is 34.3. The summed E-state index contributed by atoms with van der Waals surface area (Å²) in [6.45, 7) is 4.91. The van der Waals surface area contributed by atoms with E-state index < -0.39 is 24.2 Å². The Bertz CT molecular complexity index is 1630. The van der Waals surface area contributed by atoms with Crippen molar-refractivity contribution in [2.75, 3.05) is 42.9 Å². The lowest BCUT2D eigenvalue weighted by Crippen LogP contribution is -2.48. The molecule has 3 aliphatic rings. The Morgan fingerprint density at radius 3 is 2.19 bits per heavy atom. The van der Waals surface area contributed by atoms with E-state index in [0.717, 1.165) is 37.6 Å². The lowest BCUT2D eigenvalue weighted by atomic mass is 9.96.